The number of carbonyl (C=O) groups is 1. The van der Waals surface area contributed by atoms with Crippen molar-refractivity contribution in [2.75, 3.05) is 0 Å². The molecule has 1 nitrogen and oxygen atoms in total. The number of carbonyl (C=O) groups excluding carboxylic acids is 1. The summed E-state index contributed by atoms with van der Waals surface area (Å²) >= 11 is 0. The molecule has 12 heavy (non-hydrogen) atoms. The van der Waals surface area contributed by atoms with E-state index in [1.54, 1.807) is 0 Å². The number of rotatable bonds is 2. The van der Waals surface area contributed by atoms with E-state index in [-0.39, 0.29) is 0 Å². The van der Waals surface area contributed by atoms with Gasteiger partial charge in [0, 0.05) is 18.8 Å². The third kappa shape index (κ3) is 3.57. The van der Waals surface area contributed by atoms with Crippen molar-refractivity contribution in [3.63, 3.8) is 0 Å². The molecule has 1 heteroatoms. The Balaban J connectivity index is 2.17. The minimum atomic E-state index is 0.597. The molecule has 1 rings (SSSR count). The number of hydrogen-bond donors (Lipinski definition) is 0. The van der Waals surface area contributed by atoms with Gasteiger partial charge in [0.25, 0.3) is 0 Å². The predicted octanol–water partition coefficient (Wildman–Crippen LogP) is 2.55. The van der Waals surface area contributed by atoms with Crippen LogP contribution in [-0.2, 0) is 4.79 Å². The first-order chi connectivity index (χ1) is 5.93. The van der Waals surface area contributed by atoms with Gasteiger partial charge in [-0.1, -0.05) is 25.2 Å². The molecule has 0 radical (unpaired) electrons. The van der Waals surface area contributed by atoms with Crippen molar-refractivity contribution < 1.29 is 4.79 Å². The lowest BCUT2D eigenvalue weighted by molar-refractivity contribution is -0.107. The van der Waals surface area contributed by atoms with E-state index in [0.29, 0.717) is 12.3 Å². The molecule has 0 aromatic carbocycles. The first-order valence-electron chi connectivity index (χ1n) is 4.85. The summed E-state index contributed by atoms with van der Waals surface area (Å²) < 4.78 is 0. The van der Waals surface area contributed by atoms with Crippen LogP contribution in [-0.4, -0.2) is 6.29 Å². The fourth-order valence-corrected chi connectivity index (χ4v) is 1.59. The molecule has 1 saturated carbocycles. The standard InChI is InChI=1S/C11H16O/c12-10-6-2-5-9-11-7-3-1-4-8-11/h10-11H,1-4,6-8H2. The van der Waals surface area contributed by atoms with Crippen molar-refractivity contribution in [1.29, 1.82) is 0 Å². The maximum Gasteiger partial charge on any atom is 0.120 e. The average Bonchev–Trinajstić information content (AvgIpc) is 2.14. The van der Waals surface area contributed by atoms with Gasteiger partial charge in [0.05, 0.1) is 0 Å². The highest BCUT2D eigenvalue weighted by Gasteiger charge is 2.09. The maximum atomic E-state index is 9.99. The summed E-state index contributed by atoms with van der Waals surface area (Å²) in [5.41, 5.74) is 0. The Labute approximate surface area is 74.5 Å². The molecule has 1 aliphatic rings. The van der Waals surface area contributed by atoms with Gasteiger partial charge in [-0.3, -0.25) is 0 Å². The third-order valence-electron chi connectivity index (χ3n) is 2.30. The van der Waals surface area contributed by atoms with Crippen LogP contribution in [0.1, 0.15) is 44.9 Å². The fraction of sp³-hybridized carbons (Fsp3) is 0.727. The molecule has 0 N–H and O–H groups in total. The van der Waals surface area contributed by atoms with Crippen LogP contribution in [0.4, 0.5) is 0 Å². The molecule has 0 spiro atoms. The molecule has 0 aromatic rings. The number of unbranched alkanes of at least 4 members (excludes halogenated alkanes) is 1. The van der Waals surface area contributed by atoms with Crippen LogP contribution in [0.5, 0.6) is 0 Å². The molecule has 0 atom stereocenters. The highest BCUT2D eigenvalue weighted by Crippen LogP contribution is 2.22. The van der Waals surface area contributed by atoms with E-state index in [2.05, 4.69) is 11.8 Å². The van der Waals surface area contributed by atoms with Crippen molar-refractivity contribution in [1.82, 2.24) is 0 Å². The summed E-state index contributed by atoms with van der Waals surface area (Å²) in [5, 5.41) is 0. The summed E-state index contributed by atoms with van der Waals surface area (Å²) in [4.78, 5) is 9.99. The van der Waals surface area contributed by atoms with Crippen LogP contribution < -0.4 is 0 Å². The van der Waals surface area contributed by atoms with Gasteiger partial charge in [-0.05, 0) is 12.8 Å². The topological polar surface area (TPSA) is 17.1 Å². The fourth-order valence-electron chi connectivity index (χ4n) is 1.59. The second-order valence-electron chi connectivity index (χ2n) is 3.36. The second kappa shape index (κ2) is 5.83. The molecule has 1 aliphatic carbocycles. The van der Waals surface area contributed by atoms with Crippen LogP contribution in [0.3, 0.4) is 0 Å². The molecule has 0 amide bonds. The quantitative estimate of drug-likeness (QED) is 0.348. The molecular weight excluding hydrogens is 148 g/mol. The first kappa shape index (κ1) is 9.32. The molecule has 1 fully saturated rings. The predicted molar refractivity (Wildman–Crippen MR) is 49.6 cm³/mol. The third-order valence-corrected chi connectivity index (χ3v) is 2.30. The van der Waals surface area contributed by atoms with Gasteiger partial charge in [-0.15, -0.1) is 5.92 Å². The highest BCUT2D eigenvalue weighted by molar-refractivity contribution is 5.49. The van der Waals surface area contributed by atoms with E-state index in [9.17, 15) is 4.79 Å². The van der Waals surface area contributed by atoms with Gasteiger partial charge in [-0.2, -0.15) is 0 Å². The molecule has 0 aromatic heterocycles. The largest absolute Gasteiger partial charge is 0.303 e. The Morgan fingerprint density at radius 3 is 2.67 bits per heavy atom. The first-order valence-corrected chi connectivity index (χ1v) is 4.85. The molecular formula is C11H16O. The lowest BCUT2D eigenvalue weighted by Gasteiger charge is -2.15. The summed E-state index contributed by atoms with van der Waals surface area (Å²) in [6.07, 6.45) is 8.89. The molecule has 0 aliphatic heterocycles. The minimum Gasteiger partial charge on any atom is -0.303 e. The molecule has 0 bridgehead atoms. The number of aldehydes is 1. The van der Waals surface area contributed by atoms with E-state index >= 15 is 0 Å². The van der Waals surface area contributed by atoms with Crippen molar-refractivity contribution in [2.24, 2.45) is 5.92 Å². The summed E-state index contributed by atoms with van der Waals surface area (Å²) in [7, 11) is 0. The zero-order valence-electron chi connectivity index (χ0n) is 7.51. The van der Waals surface area contributed by atoms with E-state index in [0.717, 1.165) is 12.7 Å². The maximum absolute atomic E-state index is 9.99. The van der Waals surface area contributed by atoms with Crippen molar-refractivity contribution in [2.45, 2.75) is 44.9 Å². The van der Waals surface area contributed by atoms with Crippen LogP contribution in [0.25, 0.3) is 0 Å². The Kier molecular flexibility index (Phi) is 4.52. The van der Waals surface area contributed by atoms with E-state index in [4.69, 9.17) is 0 Å². The lowest BCUT2D eigenvalue weighted by atomic mass is 9.90. The Bertz CT molecular complexity index is 179. The summed E-state index contributed by atoms with van der Waals surface area (Å²) in [6, 6.07) is 0. The summed E-state index contributed by atoms with van der Waals surface area (Å²) in [6.45, 7) is 0. The number of hydrogen-bond acceptors (Lipinski definition) is 1. The smallest absolute Gasteiger partial charge is 0.120 e. The zero-order valence-corrected chi connectivity index (χ0v) is 7.51. The van der Waals surface area contributed by atoms with E-state index < -0.39 is 0 Å². The normalized spacial score (nSPS) is 18.0. The second-order valence-corrected chi connectivity index (χ2v) is 3.36. The van der Waals surface area contributed by atoms with Gasteiger partial charge in [-0.25, -0.2) is 0 Å². The van der Waals surface area contributed by atoms with Crippen molar-refractivity contribution >= 4 is 6.29 Å². The Morgan fingerprint density at radius 2 is 2.00 bits per heavy atom. The summed E-state index contributed by atoms with van der Waals surface area (Å²) in [5.74, 6) is 6.95. The average molecular weight is 164 g/mol. The highest BCUT2D eigenvalue weighted by atomic mass is 16.1. The SMILES string of the molecule is O=CCCC#CC1CCCCC1. The Morgan fingerprint density at radius 1 is 1.25 bits per heavy atom. The lowest BCUT2D eigenvalue weighted by Crippen LogP contribution is -2.02. The van der Waals surface area contributed by atoms with Crippen LogP contribution in [0.2, 0.25) is 0 Å². The zero-order chi connectivity index (χ0) is 8.65. The van der Waals surface area contributed by atoms with Gasteiger partial charge < -0.3 is 4.79 Å². The van der Waals surface area contributed by atoms with E-state index in [1.807, 2.05) is 0 Å². The van der Waals surface area contributed by atoms with E-state index in [1.165, 1.54) is 32.1 Å². The van der Waals surface area contributed by atoms with Crippen LogP contribution in [0.15, 0.2) is 0 Å². The molecule has 0 saturated heterocycles. The van der Waals surface area contributed by atoms with Crippen molar-refractivity contribution in [3.05, 3.63) is 0 Å². The van der Waals surface area contributed by atoms with Gasteiger partial charge in [0.1, 0.15) is 6.29 Å². The van der Waals surface area contributed by atoms with Crippen LogP contribution in [0, 0.1) is 17.8 Å². The van der Waals surface area contributed by atoms with Crippen molar-refractivity contribution in [3.8, 4) is 11.8 Å². The minimum absolute atomic E-state index is 0.597. The van der Waals surface area contributed by atoms with Crippen LogP contribution >= 0.6 is 0 Å². The molecule has 0 unspecified atom stereocenters. The monoisotopic (exact) mass is 164 g/mol. The molecule has 0 heterocycles. The van der Waals surface area contributed by atoms with Gasteiger partial charge in [0.2, 0.25) is 0 Å². The van der Waals surface area contributed by atoms with Gasteiger partial charge >= 0.3 is 0 Å². The Hall–Kier alpha value is -0.770. The molecule has 66 valence electrons. The van der Waals surface area contributed by atoms with Gasteiger partial charge in [0.15, 0.2) is 0 Å².